The van der Waals surface area contributed by atoms with Crippen molar-refractivity contribution in [3.05, 3.63) is 49.1 Å². The number of thiophene rings is 1. The van der Waals surface area contributed by atoms with E-state index in [0.29, 0.717) is 8.67 Å². The van der Waals surface area contributed by atoms with Gasteiger partial charge in [0, 0.05) is 11.1 Å². The lowest BCUT2D eigenvalue weighted by Gasteiger charge is -2.18. The first-order valence-electron chi connectivity index (χ1n) is 5.80. The van der Waals surface area contributed by atoms with E-state index in [9.17, 15) is 0 Å². The fourth-order valence-corrected chi connectivity index (χ4v) is 3.61. The summed E-state index contributed by atoms with van der Waals surface area (Å²) >= 11 is 13.5. The average Bonchev–Trinajstić information content (AvgIpc) is 2.71. The molecule has 2 aromatic rings. The minimum Gasteiger partial charge on any atom is -0.496 e. The van der Waals surface area contributed by atoms with E-state index < -0.39 is 0 Å². The van der Waals surface area contributed by atoms with Gasteiger partial charge in [-0.3, -0.25) is 0 Å². The predicted molar refractivity (Wildman–Crippen MR) is 82.8 cm³/mol. The van der Waals surface area contributed by atoms with Gasteiger partial charge < -0.3 is 10.5 Å². The number of hydrogen-bond acceptors (Lipinski definition) is 3. The molecule has 1 aromatic heterocycles. The molecule has 5 heteroatoms. The molecule has 0 spiro atoms. The maximum atomic E-state index is 6.31. The van der Waals surface area contributed by atoms with E-state index in [1.54, 1.807) is 7.11 Å². The van der Waals surface area contributed by atoms with E-state index in [-0.39, 0.29) is 6.04 Å². The van der Waals surface area contributed by atoms with Crippen molar-refractivity contribution in [3.63, 3.8) is 0 Å². The monoisotopic (exact) mass is 315 g/mol. The Morgan fingerprint density at radius 2 is 1.89 bits per heavy atom. The maximum Gasteiger partial charge on any atom is 0.127 e. The van der Waals surface area contributed by atoms with Crippen LogP contribution in [0.25, 0.3) is 0 Å². The molecule has 0 aliphatic heterocycles. The third-order valence-electron chi connectivity index (χ3n) is 3.26. The fraction of sp³-hybridized carbons (Fsp3) is 0.286. The summed E-state index contributed by atoms with van der Waals surface area (Å²) in [5.41, 5.74) is 10.3. The minimum absolute atomic E-state index is 0.342. The molecule has 1 atom stereocenters. The van der Waals surface area contributed by atoms with E-state index in [0.717, 1.165) is 22.4 Å². The Labute approximate surface area is 127 Å². The second-order valence-corrected chi connectivity index (χ2v) is 6.67. The first-order chi connectivity index (χ1) is 8.95. The van der Waals surface area contributed by atoms with Crippen LogP contribution in [0.3, 0.4) is 0 Å². The molecule has 0 radical (unpaired) electrons. The number of halogens is 2. The third kappa shape index (κ3) is 2.75. The first-order valence-corrected chi connectivity index (χ1v) is 7.37. The van der Waals surface area contributed by atoms with E-state index in [1.165, 1.54) is 16.9 Å². The molecule has 0 fully saturated rings. The molecule has 2 rings (SSSR count). The second kappa shape index (κ2) is 5.71. The fourth-order valence-electron chi connectivity index (χ4n) is 2.06. The number of nitrogens with two attached hydrogens (primary N) is 1. The van der Waals surface area contributed by atoms with Gasteiger partial charge in [0.15, 0.2) is 0 Å². The molecule has 2 nitrogen and oxygen atoms in total. The van der Waals surface area contributed by atoms with Crippen molar-refractivity contribution in [3.8, 4) is 5.75 Å². The summed E-state index contributed by atoms with van der Waals surface area (Å²) in [7, 11) is 1.65. The Kier molecular flexibility index (Phi) is 4.41. The van der Waals surface area contributed by atoms with E-state index in [2.05, 4.69) is 0 Å². The number of aryl methyl sites for hydroxylation is 1. The highest BCUT2D eigenvalue weighted by Crippen LogP contribution is 2.39. The van der Waals surface area contributed by atoms with Gasteiger partial charge in [0.2, 0.25) is 0 Å². The van der Waals surface area contributed by atoms with Gasteiger partial charge in [-0.1, -0.05) is 35.3 Å². The van der Waals surface area contributed by atoms with Gasteiger partial charge in [-0.2, -0.15) is 0 Å². The zero-order valence-corrected chi connectivity index (χ0v) is 13.3. The van der Waals surface area contributed by atoms with Crippen molar-refractivity contribution < 1.29 is 4.74 Å². The normalized spacial score (nSPS) is 12.5. The van der Waals surface area contributed by atoms with Crippen LogP contribution < -0.4 is 10.5 Å². The summed E-state index contributed by atoms with van der Waals surface area (Å²) in [4.78, 5) is 0. The average molecular weight is 316 g/mol. The summed E-state index contributed by atoms with van der Waals surface area (Å²) in [6.07, 6.45) is 0. The zero-order chi connectivity index (χ0) is 14.2. The predicted octanol–water partition coefficient (Wildman–Crippen LogP) is 4.73. The molecule has 0 aliphatic carbocycles. The summed E-state index contributed by atoms with van der Waals surface area (Å²) < 4.78 is 6.75. The Hall–Kier alpha value is -0.740. The molecular formula is C14H15Cl2NOS. The molecule has 1 unspecified atom stereocenters. The van der Waals surface area contributed by atoms with Crippen molar-refractivity contribution in [2.45, 2.75) is 19.9 Å². The lowest BCUT2D eigenvalue weighted by Crippen LogP contribution is -2.13. The third-order valence-corrected chi connectivity index (χ3v) is 4.78. The summed E-state index contributed by atoms with van der Waals surface area (Å²) in [6, 6.07) is 5.49. The van der Waals surface area contributed by atoms with Crippen LogP contribution in [-0.4, -0.2) is 7.11 Å². The molecule has 1 heterocycles. The van der Waals surface area contributed by atoms with Crippen LogP contribution in [-0.2, 0) is 0 Å². The van der Waals surface area contributed by atoms with Crippen LogP contribution in [0.15, 0.2) is 18.2 Å². The molecule has 1 aromatic carbocycles. The first kappa shape index (κ1) is 14.7. The second-order valence-electron chi connectivity index (χ2n) is 4.39. The highest BCUT2D eigenvalue weighted by molar-refractivity contribution is 7.20. The van der Waals surface area contributed by atoms with Crippen molar-refractivity contribution in [2.75, 3.05) is 7.11 Å². The van der Waals surface area contributed by atoms with Crippen molar-refractivity contribution >= 4 is 34.5 Å². The molecule has 0 amide bonds. The Balaban J connectivity index is 2.53. The van der Waals surface area contributed by atoms with Crippen molar-refractivity contribution in [1.82, 2.24) is 0 Å². The highest BCUT2D eigenvalue weighted by Gasteiger charge is 2.20. The van der Waals surface area contributed by atoms with Crippen molar-refractivity contribution in [2.24, 2.45) is 5.73 Å². The van der Waals surface area contributed by atoms with Crippen LogP contribution in [0.2, 0.25) is 8.67 Å². The number of benzene rings is 1. The van der Waals surface area contributed by atoms with Crippen LogP contribution in [0, 0.1) is 13.8 Å². The van der Waals surface area contributed by atoms with Gasteiger partial charge in [0.1, 0.15) is 5.75 Å². The lowest BCUT2D eigenvalue weighted by molar-refractivity contribution is 0.404. The number of rotatable bonds is 3. The highest BCUT2D eigenvalue weighted by atomic mass is 35.5. The van der Waals surface area contributed by atoms with Crippen molar-refractivity contribution in [1.29, 1.82) is 0 Å². The largest absolute Gasteiger partial charge is 0.496 e. The Morgan fingerprint density at radius 3 is 2.42 bits per heavy atom. The number of hydrogen-bond donors (Lipinski definition) is 1. The summed E-state index contributed by atoms with van der Waals surface area (Å²) in [5, 5.41) is 0. The molecule has 0 saturated heterocycles. The molecule has 0 saturated carbocycles. The SMILES string of the molecule is COc1c(C(N)c2cc(Cl)sc2Cl)ccc(C)c1C. The van der Waals surface area contributed by atoms with Crippen LogP contribution in [0.1, 0.15) is 28.3 Å². The standard InChI is InChI=1S/C14H15Cl2NOS/c1-7-4-5-9(13(18-3)8(7)2)12(17)10-6-11(15)19-14(10)16/h4-6,12H,17H2,1-3H3. The van der Waals surface area contributed by atoms with E-state index >= 15 is 0 Å². The number of methoxy groups -OCH3 is 1. The Morgan fingerprint density at radius 1 is 1.21 bits per heavy atom. The van der Waals surface area contributed by atoms with Crippen LogP contribution in [0.4, 0.5) is 0 Å². The molecular weight excluding hydrogens is 301 g/mol. The number of ether oxygens (including phenoxy) is 1. The van der Waals surface area contributed by atoms with E-state index in [4.69, 9.17) is 33.7 Å². The van der Waals surface area contributed by atoms with Crippen LogP contribution >= 0.6 is 34.5 Å². The van der Waals surface area contributed by atoms with Gasteiger partial charge >= 0.3 is 0 Å². The minimum atomic E-state index is -0.342. The van der Waals surface area contributed by atoms with Gasteiger partial charge in [-0.15, -0.1) is 11.3 Å². The zero-order valence-electron chi connectivity index (χ0n) is 11.0. The molecule has 2 N–H and O–H groups in total. The topological polar surface area (TPSA) is 35.2 Å². The smallest absolute Gasteiger partial charge is 0.127 e. The molecule has 102 valence electrons. The van der Waals surface area contributed by atoms with Crippen LogP contribution in [0.5, 0.6) is 5.75 Å². The lowest BCUT2D eigenvalue weighted by atomic mass is 9.96. The maximum absolute atomic E-state index is 6.31. The Bertz CT molecular complexity index is 610. The van der Waals surface area contributed by atoms with Gasteiger partial charge in [-0.05, 0) is 31.0 Å². The summed E-state index contributed by atoms with van der Waals surface area (Å²) in [6.45, 7) is 4.06. The van der Waals surface area contributed by atoms with Gasteiger partial charge in [0.25, 0.3) is 0 Å². The molecule has 19 heavy (non-hydrogen) atoms. The summed E-state index contributed by atoms with van der Waals surface area (Å²) in [5.74, 6) is 0.811. The molecule has 0 aliphatic rings. The quantitative estimate of drug-likeness (QED) is 0.888. The molecule has 0 bridgehead atoms. The van der Waals surface area contributed by atoms with Gasteiger partial charge in [-0.25, -0.2) is 0 Å². The van der Waals surface area contributed by atoms with Gasteiger partial charge in [0.05, 0.1) is 21.8 Å². The van der Waals surface area contributed by atoms with E-state index in [1.807, 2.05) is 32.0 Å².